The molecule has 0 saturated heterocycles. The highest BCUT2D eigenvalue weighted by molar-refractivity contribution is 7.95. The Bertz CT molecular complexity index is 712. The van der Waals surface area contributed by atoms with Crippen LogP contribution in [0.25, 0.3) is 6.08 Å². The van der Waals surface area contributed by atoms with Crippen molar-refractivity contribution in [1.82, 2.24) is 0 Å². The molecule has 0 saturated carbocycles. The first-order valence-corrected chi connectivity index (χ1v) is 8.59. The molecule has 0 fully saturated rings. The third-order valence-corrected chi connectivity index (χ3v) is 5.21. The minimum absolute atomic E-state index is 0.365. The normalized spacial score (nSPS) is 12.4. The van der Waals surface area contributed by atoms with Crippen LogP contribution in [0.2, 0.25) is 0 Å². The lowest BCUT2D eigenvalue weighted by Gasteiger charge is -2.09. The van der Waals surface area contributed by atoms with E-state index in [-0.39, 0.29) is 0 Å². The van der Waals surface area contributed by atoms with Crippen molar-refractivity contribution >= 4 is 15.9 Å². The third-order valence-electron chi connectivity index (χ3n) is 3.30. The topological polar surface area (TPSA) is 34.1 Å². The summed E-state index contributed by atoms with van der Waals surface area (Å²) in [6.07, 6.45) is 3.12. The van der Waals surface area contributed by atoms with Gasteiger partial charge in [-0.1, -0.05) is 61.4 Å². The molecule has 3 heteroatoms. The van der Waals surface area contributed by atoms with E-state index in [4.69, 9.17) is 0 Å². The maximum atomic E-state index is 12.8. The lowest BCUT2D eigenvalue weighted by Crippen LogP contribution is -2.05. The van der Waals surface area contributed by atoms with E-state index in [2.05, 4.69) is 0 Å². The Kier molecular flexibility index (Phi) is 4.97. The van der Waals surface area contributed by atoms with Crippen LogP contribution in [0.5, 0.6) is 0 Å². The average molecular weight is 300 g/mol. The predicted octanol–water partition coefficient (Wildman–Crippen LogP) is 4.61. The molecule has 21 heavy (non-hydrogen) atoms. The Hall–Kier alpha value is -1.87. The summed E-state index contributed by atoms with van der Waals surface area (Å²) in [6, 6.07) is 16.6. The summed E-state index contributed by atoms with van der Waals surface area (Å²) in [6.45, 7) is 3.94. The predicted molar refractivity (Wildman–Crippen MR) is 87.7 cm³/mol. The summed E-state index contributed by atoms with van der Waals surface area (Å²) < 4.78 is 25.5. The molecule has 0 aliphatic heterocycles. The Labute approximate surface area is 127 Å². The first kappa shape index (κ1) is 15.5. The lowest BCUT2D eigenvalue weighted by atomic mass is 10.2. The molecule has 0 spiro atoms. The molecule has 2 nitrogen and oxygen atoms in total. The Morgan fingerprint density at radius 1 is 1.00 bits per heavy atom. The fraction of sp³-hybridized carbons (Fsp3) is 0.222. The molecule has 0 radical (unpaired) electrons. The summed E-state index contributed by atoms with van der Waals surface area (Å²) in [5.74, 6) is 0. The van der Waals surface area contributed by atoms with Crippen LogP contribution in [0, 0.1) is 6.92 Å². The maximum absolute atomic E-state index is 12.8. The van der Waals surface area contributed by atoms with Gasteiger partial charge in [0.2, 0.25) is 9.84 Å². The summed E-state index contributed by atoms with van der Waals surface area (Å²) in [4.78, 5) is 0.837. The van der Waals surface area contributed by atoms with E-state index >= 15 is 0 Å². The van der Waals surface area contributed by atoms with Gasteiger partial charge in [-0.3, -0.25) is 0 Å². The molecule has 0 aromatic heterocycles. The number of allylic oxidation sites excluding steroid dienone is 1. The summed E-state index contributed by atoms with van der Waals surface area (Å²) in [7, 11) is -3.42. The van der Waals surface area contributed by atoms with Gasteiger partial charge >= 0.3 is 0 Å². The largest absolute Gasteiger partial charge is 0.219 e. The van der Waals surface area contributed by atoms with Gasteiger partial charge in [0.15, 0.2) is 0 Å². The number of aryl methyl sites for hydroxylation is 1. The van der Waals surface area contributed by atoms with Gasteiger partial charge in [-0.25, -0.2) is 8.42 Å². The van der Waals surface area contributed by atoms with Gasteiger partial charge in [-0.2, -0.15) is 0 Å². The quantitative estimate of drug-likeness (QED) is 0.808. The molecule has 110 valence electrons. The van der Waals surface area contributed by atoms with E-state index in [0.29, 0.717) is 16.2 Å². The van der Waals surface area contributed by atoms with Crippen molar-refractivity contribution < 1.29 is 8.42 Å². The Morgan fingerprint density at radius 3 is 2.19 bits per heavy atom. The van der Waals surface area contributed by atoms with Crippen molar-refractivity contribution in [2.75, 3.05) is 0 Å². The number of sulfone groups is 1. The highest BCUT2D eigenvalue weighted by atomic mass is 32.2. The molecule has 0 bridgehead atoms. The van der Waals surface area contributed by atoms with Crippen LogP contribution >= 0.6 is 0 Å². The molecule has 0 amide bonds. The number of hydrogen-bond acceptors (Lipinski definition) is 2. The molecule has 0 atom stereocenters. The number of hydrogen-bond donors (Lipinski definition) is 0. The number of rotatable bonds is 5. The molecule has 0 aliphatic carbocycles. The lowest BCUT2D eigenvalue weighted by molar-refractivity contribution is 0.600. The van der Waals surface area contributed by atoms with E-state index < -0.39 is 9.84 Å². The monoisotopic (exact) mass is 300 g/mol. The van der Waals surface area contributed by atoms with Gasteiger partial charge in [0.05, 0.1) is 4.90 Å². The number of benzene rings is 2. The summed E-state index contributed by atoms with van der Waals surface area (Å²) >= 11 is 0. The molecular formula is C18H20O2S. The first-order valence-electron chi connectivity index (χ1n) is 7.11. The van der Waals surface area contributed by atoms with E-state index in [1.54, 1.807) is 18.2 Å². The fourth-order valence-corrected chi connectivity index (χ4v) is 3.70. The van der Waals surface area contributed by atoms with Crippen molar-refractivity contribution in [1.29, 1.82) is 0 Å². The zero-order valence-electron chi connectivity index (χ0n) is 12.4. The van der Waals surface area contributed by atoms with Gasteiger partial charge in [0, 0.05) is 4.91 Å². The van der Waals surface area contributed by atoms with Crippen molar-refractivity contribution in [3.05, 3.63) is 70.6 Å². The molecule has 2 aromatic rings. The Morgan fingerprint density at radius 2 is 1.62 bits per heavy atom. The van der Waals surface area contributed by atoms with E-state index in [1.165, 1.54) is 0 Å². The molecule has 0 aliphatic rings. The molecule has 0 N–H and O–H groups in total. The van der Waals surface area contributed by atoms with Crippen LogP contribution in [-0.2, 0) is 9.84 Å². The second-order valence-electron chi connectivity index (χ2n) is 5.09. The molecular weight excluding hydrogens is 280 g/mol. The van der Waals surface area contributed by atoms with Crippen LogP contribution in [0.1, 0.15) is 30.9 Å². The van der Waals surface area contributed by atoms with Crippen molar-refractivity contribution in [2.45, 2.75) is 31.6 Å². The van der Waals surface area contributed by atoms with Gasteiger partial charge in [-0.15, -0.1) is 0 Å². The molecule has 2 rings (SSSR count). The smallest absolute Gasteiger partial charge is 0.202 e. The SMILES string of the molecule is CCC/C(=C\c1ccccc1)S(=O)(=O)c1ccc(C)cc1. The fourth-order valence-electron chi connectivity index (χ4n) is 2.13. The minimum Gasteiger partial charge on any atom is -0.219 e. The van der Waals surface area contributed by atoms with Crippen molar-refractivity contribution in [2.24, 2.45) is 0 Å². The Balaban J connectivity index is 2.46. The molecule has 0 unspecified atom stereocenters. The van der Waals surface area contributed by atoms with Gasteiger partial charge in [-0.05, 0) is 37.1 Å². The molecule has 2 aromatic carbocycles. The standard InChI is InChI=1S/C18H20O2S/c1-3-7-18(14-16-8-5-4-6-9-16)21(19,20)17-12-10-15(2)11-13-17/h4-6,8-14H,3,7H2,1-2H3/b18-14+. The van der Waals surface area contributed by atoms with Crippen LogP contribution in [-0.4, -0.2) is 8.42 Å². The molecule has 0 heterocycles. The van der Waals surface area contributed by atoms with Crippen LogP contribution < -0.4 is 0 Å². The summed E-state index contributed by atoms with van der Waals surface area (Å²) in [5.41, 5.74) is 1.97. The van der Waals surface area contributed by atoms with Crippen LogP contribution in [0.15, 0.2) is 64.4 Å². The maximum Gasteiger partial charge on any atom is 0.202 e. The average Bonchev–Trinajstić information content (AvgIpc) is 2.48. The first-order chi connectivity index (χ1) is 10.0. The second-order valence-corrected chi connectivity index (χ2v) is 7.09. The highest BCUT2D eigenvalue weighted by Gasteiger charge is 2.19. The zero-order valence-corrected chi connectivity index (χ0v) is 13.2. The van der Waals surface area contributed by atoms with Crippen molar-refractivity contribution in [3.63, 3.8) is 0 Å². The van der Waals surface area contributed by atoms with E-state index in [1.807, 2.05) is 56.3 Å². The van der Waals surface area contributed by atoms with Gasteiger partial charge < -0.3 is 0 Å². The van der Waals surface area contributed by atoms with Gasteiger partial charge in [0.1, 0.15) is 0 Å². The van der Waals surface area contributed by atoms with Crippen molar-refractivity contribution in [3.8, 4) is 0 Å². The van der Waals surface area contributed by atoms with E-state index in [9.17, 15) is 8.42 Å². The van der Waals surface area contributed by atoms with Crippen LogP contribution in [0.4, 0.5) is 0 Å². The minimum atomic E-state index is -3.42. The highest BCUT2D eigenvalue weighted by Crippen LogP contribution is 2.25. The zero-order chi connectivity index (χ0) is 15.3. The van der Waals surface area contributed by atoms with Gasteiger partial charge in [0.25, 0.3) is 0 Å². The second kappa shape index (κ2) is 6.72. The third kappa shape index (κ3) is 3.82. The van der Waals surface area contributed by atoms with E-state index in [0.717, 1.165) is 17.5 Å². The summed E-state index contributed by atoms with van der Waals surface area (Å²) in [5, 5.41) is 0. The van der Waals surface area contributed by atoms with Crippen LogP contribution in [0.3, 0.4) is 0 Å².